The third kappa shape index (κ3) is 4.51. The van der Waals surface area contributed by atoms with Crippen LogP contribution in [0.5, 0.6) is 5.75 Å². The van der Waals surface area contributed by atoms with Crippen molar-refractivity contribution in [2.45, 2.75) is 60.4 Å². The Morgan fingerprint density at radius 3 is 2.76 bits per heavy atom. The lowest BCUT2D eigenvalue weighted by Gasteiger charge is -2.33. The molecule has 1 N–H and O–H groups in total. The Morgan fingerprint density at radius 2 is 2.09 bits per heavy atom. The van der Waals surface area contributed by atoms with E-state index >= 15 is 0 Å². The highest BCUT2D eigenvalue weighted by Gasteiger charge is 2.34. The van der Waals surface area contributed by atoms with Crippen molar-refractivity contribution in [3.8, 4) is 5.75 Å². The zero-order chi connectivity index (χ0) is 23.9. The number of carbonyl (C=O) groups is 1. The van der Waals surface area contributed by atoms with Crippen molar-refractivity contribution < 1.29 is 18.4 Å². The summed E-state index contributed by atoms with van der Waals surface area (Å²) >= 11 is 0. The van der Waals surface area contributed by atoms with E-state index in [1.54, 1.807) is 16.8 Å². The second kappa shape index (κ2) is 8.65. The van der Waals surface area contributed by atoms with E-state index in [-0.39, 0.29) is 17.1 Å². The van der Waals surface area contributed by atoms with Crippen molar-refractivity contribution in [1.82, 2.24) is 14.9 Å². The van der Waals surface area contributed by atoms with Crippen LogP contribution in [0, 0.1) is 31.0 Å². The molecule has 0 aliphatic heterocycles. The number of hydrogen-bond acceptors (Lipinski definition) is 5. The van der Waals surface area contributed by atoms with E-state index in [0.717, 1.165) is 41.8 Å². The van der Waals surface area contributed by atoms with Crippen molar-refractivity contribution in [2.24, 2.45) is 11.3 Å². The van der Waals surface area contributed by atoms with Crippen LogP contribution in [0.1, 0.15) is 66.0 Å². The smallest absolute Gasteiger partial charge is 0.278 e. The lowest BCUT2D eigenvalue weighted by molar-refractivity contribution is 0.101. The maximum atomic E-state index is 14.1. The third-order valence-corrected chi connectivity index (χ3v) is 6.65. The van der Waals surface area contributed by atoms with Crippen molar-refractivity contribution in [3.05, 3.63) is 58.0 Å². The number of rotatable bonds is 5. The van der Waals surface area contributed by atoms with E-state index in [1.807, 2.05) is 13.8 Å². The van der Waals surface area contributed by atoms with Gasteiger partial charge in [-0.15, -0.1) is 0 Å². The number of fused-ring (bicyclic) bond motifs is 1. The minimum atomic E-state index is -0.422. The number of nitrogens with zero attached hydrogens (tertiary/aromatic N) is 3. The molecule has 4 rings (SSSR count). The van der Waals surface area contributed by atoms with Gasteiger partial charge in [0.2, 0.25) is 0 Å². The molecule has 1 unspecified atom stereocenters. The Morgan fingerprint density at radius 1 is 1.33 bits per heavy atom. The Balaban J connectivity index is 1.54. The highest BCUT2D eigenvalue weighted by atomic mass is 19.1. The summed E-state index contributed by atoms with van der Waals surface area (Å²) in [7, 11) is 1.43. The highest BCUT2D eigenvalue weighted by Crippen LogP contribution is 2.38. The maximum absolute atomic E-state index is 14.1. The Kier molecular flexibility index (Phi) is 6.03. The molecule has 3 aromatic rings. The van der Waals surface area contributed by atoms with Gasteiger partial charge in [0, 0.05) is 12.0 Å². The second-order valence-electron chi connectivity index (χ2n) is 9.87. The van der Waals surface area contributed by atoms with Crippen LogP contribution in [-0.2, 0) is 19.4 Å². The molecule has 1 amide bonds. The van der Waals surface area contributed by atoms with Crippen LogP contribution in [0.2, 0.25) is 0 Å². The van der Waals surface area contributed by atoms with Crippen molar-refractivity contribution in [1.29, 1.82) is 0 Å². The molecule has 1 atom stereocenters. The summed E-state index contributed by atoms with van der Waals surface area (Å²) in [6, 6.07) is 4.82. The number of halogens is 1. The first-order valence-corrected chi connectivity index (χ1v) is 11.2. The number of aryl methyl sites for hydroxylation is 2. The summed E-state index contributed by atoms with van der Waals surface area (Å²) in [6.07, 6.45) is 2.61. The van der Waals surface area contributed by atoms with Gasteiger partial charge in [-0.25, -0.2) is 4.39 Å². The molecule has 0 fully saturated rings. The van der Waals surface area contributed by atoms with Gasteiger partial charge in [-0.2, -0.15) is 5.10 Å². The average Bonchev–Trinajstić information content (AvgIpc) is 3.29. The summed E-state index contributed by atoms with van der Waals surface area (Å²) in [5, 5.41) is 11.6. The van der Waals surface area contributed by atoms with Gasteiger partial charge in [0.25, 0.3) is 5.91 Å². The summed E-state index contributed by atoms with van der Waals surface area (Å²) in [5.41, 5.74) is 4.25. The number of carbonyl (C=O) groups excluding carboxylic acids is 1. The van der Waals surface area contributed by atoms with Gasteiger partial charge in [-0.1, -0.05) is 32.0 Å². The predicted octanol–water partition coefficient (Wildman–Crippen LogP) is 5.09. The summed E-state index contributed by atoms with van der Waals surface area (Å²) < 4.78 is 26.3. The van der Waals surface area contributed by atoms with Gasteiger partial charge < -0.3 is 14.6 Å². The topological polar surface area (TPSA) is 82.2 Å². The molecule has 1 aromatic carbocycles. The van der Waals surface area contributed by atoms with Gasteiger partial charge in [-0.3, -0.25) is 9.48 Å². The number of benzene rings is 1. The lowest BCUT2D eigenvalue weighted by atomic mass is 9.71. The fraction of sp³-hybridized carbons (Fsp3) is 0.480. The van der Waals surface area contributed by atoms with Gasteiger partial charge in [0.05, 0.1) is 30.7 Å². The molecule has 0 saturated heterocycles. The second-order valence-corrected chi connectivity index (χ2v) is 9.87. The van der Waals surface area contributed by atoms with Gasteiger partial charge in [0.1, 0.15) is 5.76 Å². The van der Waals surface area contributed by atoms with E-state index in [9.17, 15) is 9.18 Å². The maximum Gasteiger partial charge on any atom is 0.278 e. The van der Waals surface area contributed by atoms with Gasteiger partial charge in [-0.05, 0) is 55.7 Å². The molecule has 2 heterocycles. The molecule has 0 saturated carbocycles. The standard InChI is InChI=1S/C25H31FN4O3/c1-14-22(15(2)30(28-14)13-16-7-9-21(32-6)19(26)11-16)27-24(31)23-18-12-17(25(3,4)5)8-10-20(18)33-29-23/h7,9,11,17H,8,10,12-13H2,1-6H3,(H,27,31). The molecule has 33 heavy (non-hydrogen) atoms. The van der Waals surface area contributed by atoms with E-state index < -0.39 is 5.82 Å². The van der Waals surface area contributed by atoms with E-state index in [1.165, 1.54) is 13.2 Å². The number of anilines is 1. The zero-order valence-corrected chi connectivity index (χ0v) is 20.1. The van der Waals surface area contributed by atoms with Crippen molar-refractivity contribution in [3.63, 3.8) is 0 Å². The third-order valence-electron chi connectivity index (χ3n) is 6.65. The first-order chi connectivity index (χ1) is 15.6. The molecule has 0 radical (unpaired) electrons. The van der Waals surface area contributed by atoms with Gasteiger partial charge >= 0.3 is 0 Å². The number of methoxy groups -OCH3 is 1. The van der Waals surface area contributed by atoms with E-state index in [4.69, 9.17) is 9.26 Å². The Hall–Kier alpha value is -3.16. The first-order valence-electron chi connectivity index (χ1n) is 11.2. The molecule has 8 heteroatoms. The summed E-state index contributed by atoms with van der Waals surface area (Å²) in [5.74, 6) is 0.758. The number of nitrogens with one attached hydrogen (secondary N) is 1. The lowest BCUT2D eigenvalue weighted by Crippen LogP contribution is -2.27. The van der Waals surface area contributed by atoms with Crippen molar-refractivity contribution in [2.75, 3.05) is 12.4 Å². The molecular weight excluding hydrogens is 423 g/mol. The number of ether oxygens (including phenoxy) is 1. The quantitative estimate of drug-likeness (QED) is 0.581. The normalized spacial score (nSPS) is 15.9. The molecular formula is C25H31FN4O3. The number of aromatic nitrogens is 3. The fourth-order valence-electron chi connectivity index (χ4n) is 4.51. The molecule has 1 aliphatic carbocycles. The van der Waals surface area contributed by atoms with Crippen LogP contribution in [0.3, 0.4) is 0 Å². The van der Waals surface area contributed by atoms with Crippen LogP contribution >= 0.6 is 0 Å². The molecule has 1 aliphatic rings. The highest BCUT2D eigenvalue weighted by molar-refractivity contribution is 6.04. The average molecular weight is 455 g/mol. The van der Waals surface area contributed by atoms with E-state index in [0.29, 0.717) is 29.5 Å². The van der Waals surface area contributed by atoms with Crippen LogP contribution < -0.4 is 10.1 Å². The minimum absolute atomic E-state index is 0.151. The molecule has 176 valence electrons. The molecule has 0 spiro atoms. The Labute approximate surface area is 193 Å². The van der Waals surface area contributed by atoms with Crippen LogP contribution in [-0.4, -0.2) is 28.0 Å². The first kappa shape index (κ1) is 23.0. The molecule has 2 aromatic heterocycles. The largest absolute Gasteiger partial charge is 0.494 e. The van der Waals surface area contributed by atoms with Crippen molar-refractivity contribution >= 4 is 11.6 Å². The predicted molar refractivity (Wildman–Crippen MR) is 123 cm³/mol. The minimum Gasteiger partial charge on any atom is -0.494 e. The monoisotopic (exact) mass is 454 g/mol. The summed E-state index contributed by atoms with van der Waals surface area (Å²) in [4.78, 5) is 13.2. The van der Waals surface area contributed by atoms with E-state index in [2.05, 4.69) is 36.3 Å². The number of amides is 1. The Bertz CT molecular complexity index is 1190. The summed E-state index contributed by atoms with van der Waals surface area (Å²) in [6.45, 7) is 10.8. The SMILES string of the molecule is COc1ccc(Cn2nc(C)c(NC(=O)c3noc4c3CC(C(C)(C)C)CC4)c2C)cc1F. The van der Waals surface area contributed by atoms with Crippen LogP contribution in [0.25, 0.3) is 0 Å². The zero-order valence-electron chi connectivity index (χ0n) is 20.1. The number of hydrogen-bond donors (Lipinski definition) is 1. The molecule has 7 nitrogen and oxygen atoms in total. The van der Waals surface area contributed by atoms with Crippen LogP contribution in [0.15, 0.2) is 22.7 Å². The van der Waals surface area contributed by atoms with Gasteiger partial charge in [0.15, 0.2) is 17.3 Å². The van der Waals surface area contributed by atoms with Crippen LogP contribution in [0.4, 0.5) is 10.1 Å². The fourth-order valence-corrected chi connectivity index (χ4v) is 4.51. The molecule has 0 bridgehead atoms.